The van der Waals surface area contributed by atoms with Crippen LogP contribution in [0.5, 0.6) is 0 Å². The number of rotatable bonds is 7. The second kappa shape index (κ2) is 10.5. The Bertz CT molecular complexity index is 1120. The molecule has 0 spiro atoms. The third-order valence-electron chi connectivity index (χ3n) is 5.64. The molecule has 168 valence electrons. The van der Waals surface area contributed by atoms with Gasteiger partial charge in [0.25, 0.3) is 0 Å². The lowest BCUT2D eigenvalue weighted by molar-refractivity contribution is -0.116. The number of benzene rings is 2. The van der Waals surface area contributed by atoms with Crippen molar-refractivity contribution in [1.82, 2.24) is 9.88 Å². The number of hydrogen-bond acceptors (Lipinski definition) is 4. The van der Waals surface area contributed by atoms with E-state index in [9.17, 15) is 9.18 Å². The second-order valence-corrected chi connectivity index (χ2v) is 8.84. The van der Waals surface area contributed by atoms with Crippen LogP contribution in [-0.4, -0.2) is 35.4 Å². The van der Waals surface area contributed by atoms with E-state index < -0.39 is 5.82 Å². The molecule has 4 rings (SSSR count). The molecule has 8 heteroatoms. The number of piperidine rings is 1. The molecule has 32 heavy (non-hydrogen) atoms. The molecule has 2 aromatic carbocycles. The fourth-order valence-electron chi connectivity index (χ4n) is 3.96. The molecule has 2 N–H and O–H groups in total. The van der Waals surface area contributed by atoms with Crippen molar-refractivity contribution in [2.45, 2.75) is 32.1 Å². The van der Waals surface area contributed by atoms with E-state index in [0.717, 1.165) is 36.8 Å². The number of hydrogen-bond donors (Lipinski definition) is 2. The molecule has 0 radical (unpaired) electrons. The highest BCUT2D eigenvalue weighted by Crippen LogP contribution is 2.33. The molecule has 1 amide bonds. The van der Waals surface area contributed by atoms with Crippen molar-refractivity contribution in [1.29, 1.82) is 0 Å². The van der Waals surface area contributed by atoms with Crippen molar-refractivity contribution >= 4 is 57.1 Å². The summed E-state index contributed by atoms with van der Waals surface area (Å²) >= 11 is 12.3. The lowest BCUT2D eigenvalue weighted by atomic mass is 10.1. The zero-order valence-electron chi connectivity index (χ0n) is 17.6. The van der Waals surface area contributed by atoms with Gasteiger partial charge >= 0.3 is 0 Å². The molecule has 1 saturated heterocycles. The van der Waals surface area contributed by atoms with Crippen LogP contribution in [-0.2, 0) is 4.79 Å². The number of carbonyl (C=O) groups is 1. The van der Waals surface area contributed by atoms with Crippen molar-refractivity contribution in [3.63, 3.8) is 0 Å². The van der Waals surface area contributed by atoms with Gasteiger partial charge in [-0.2, -0.15) is 0 Å². The van der Waals surface area contributed by atoms with E-state index in [1.54, 1.807) is 24.4 Å². The third-order valence-corrected chi connectivity index (χ3v) is 6.24. The maximum Gasteiger partial charge on any atom is 0.224 e. The fourth-order valence-corrected chi connectivity index (χ4v) is 4.36. The summed E-state index contributed by atoms with van der Waals surface area (Å²) in [5.41, 5.74) is 1.14. The standard InChI is InChI=1S/C24H25Cl2FN4O/c25-19-14-17(6-7-21(19)27)29-24-18-15-22(20(26)13-16(18)8-9-28-24)30-23(32)5-4-12-31-10-2-1-3-11-31/h6-9,13-15H,1-5,10-12H2,(H,28,29)(H,30,32). The zero-order valence-corrected chi connectivity index (χ0v) is 19.1. The van der Waals surface area contributed by atoms with Gasteiger partial charge in [-0.1, -0.05) is 29.6 Å². The Hall–Kier alpha value is -2.41. The molecular weight excluding hydrogens is 450 g/mol. The van der Waals surface area contributed by atoms with Crippen molar-refractivity contribution in [2.75, 3.05) is 30.3 Å². The van der Waals surface area contributed by atoms with E-state index in [0.29, 0.717) is 28.6 Å². The maximum atomic E-state index is 13.5. The molecule has 5 nitrogen and oxygen atoms in total. The number of nitrogens with one attached hydrogen (secondary N) is 2. The Morgan fingerprint density at radius 1 is 1.06 bits per heavy atom. The fraction of sp³-hybridized carbons (Fsp3) is 0.333. The minimum Gasteiger partial charge on any atom is -0.340 e. The first-order valence-electron chi connectivity index (χ1n) is 10.8. The quantitative estimate of drug-likeness (QED) is 0.403. The Kier molecular flexibility index (Phi) is 7.45. The van der Waals surface area contributed by atoms with Crippen molar-refractivity contribution in [2.24, 2.45) is 0 Å². The SMILES string of the molecule is O=C(CCCN1CCCCC1)Nc1cc2c(Nc3ccc(F)c(Cl)c3)nccc2cc1Cl. The van der Waals surface area contributed by atoms with Gasteiger partial charge in [0.1, 0.15) is 11.6 Å². The van der Waals surface area contributed by atoms with Crippen LogP contribution >= 0.6 is 23.2 Å². The first kappa shape index (κ1) is 22.8. The molecule has 0 saturated carbocycles. The van der Waals surface area contributed by atoms with Crippen molar-refractivity contribution in [3.8, 4) is 0 Å². The summed E-state index contributed by atoms with van der Waals surface area (Å²) in [6.07, 6.45) is 6.71. The summed E-state index contributed by atoms with van der Waals surface area (Å²) in [7, 11) is 0. The highest BCUT2D eigenvalue weighted by atomic mass is 35.5. The first-order valence-corrected chi connectivity index (χ1v) is 11.6. The van der Waals surface area contributed by atoms with Gasteiger partial charge in [0.15, 0.2) is 0 Å². The monoisotopic (exact) mass is 474 g/mol. The van der Waals surface area contributed by atoms with Crippen molar-refractivity contribution in [3.05, 3.63) is 58.5 Å². The Labute approximate surface area is 196 Å². The molecule has 1 aliphatic rings. The van der Waals surface area contributed by atoms with Gasteiger partial charge in [-0.3, -0.25) is 4.79 Å². The van der Waals surface area contributed by atoms with Crippen LogP contribution in [0, 0.1) is 5.82 Å². The van der Waals surface area contributed by atoms with E-state index in [2.05, 4.69) is 20.5 Å². The summed E-state index contributed by atoms with van der Waals surface area (Å²) in [6.45, 7) is 3.19. The number of pyridine rings is 1. The minimum absolute atomic E-state index is 0.0239. The van der Waals surface area contributed by atoms with Crippen LogP contribution in [0.1, 0.15) is 32.1 Å². The molecule has 3 aromatic rings. The number of aromatic nitrogens is 1. The molecule has 0 bridgehead atoms. The summed E-state index contributed by atoms with van der Waals surface area (Å²) in [5, 5.41) is 8.22. The van der Waals surface area contributed by atoms with Gasteiger partial charge < -0.3 is 15.5 Å². The highest BCUT2D eigenvalue weighted by molar-refractivity contribution is 6.34. The largest absolute Gasteiger partial charge is 0.340 e. The van der Waals surface area contributed by atoms with E-state index in [-0.39, 0.29) is 10.9 Å². The molecule has 0 unspecified atom stereocenters. The number of carbonyl (C=O) groups excluding carboxylic acids is 1. The topological polar surface area (TPSA) is 57.3 Å². The summed E-state index contributed by atoms with van der Waals surface area (Å²) < 4.78 is 13.5. The zero-order chi connectivity index (χ0) is 22.5. The molecule has 0 aliphatic carbocycles. The number of anilines is 3. The normalized spacial score (nSPS) is 14.5. The van der Waals surface area contributed by atoms with Gasteiger partial charge in [0.05, 0.1) is 15.7 Å². The van der Waals surface area contributed by atoms with E-state index >= 15 is 0 Å². The maximum absolute atomic E-state index is 13.5. The van der Waals surface area contributed by atoms with Crippen molar-refractivity contribution < 1.29 is 9.18 Å². The highest BCUT2D eigenvalue weighted by Gasteiger charge is 2.13. The predicted molar refractivity (Wildman–Crippen MR) is 130 cm³/mol. The smallest absolute Gasteiger partial charge is 0.224 e. The second-order valence-electron chi connectivity index (χ2n) is 8.02. The summed E-state index contributed by atoms with van der Waals surface area (Å²) in [4.78, 5) is 19.3. The Morgan fingerprint density at radius 2 is 1.88 bits per heavy atom. The molecule has 1 aliphatic heterocycles. The first-order chi connectivity index (χ1) is 15.5. The number of likely N-dealkylation sites (tertiary alicyclic amines) is 1. The molecule has 2 heterocycles. The number of fused-ring (bicyclic) bond motifs is 1. The van der Waals surface area contributed by atoms with Gasteiger partial charge in [0, 0.05) is 23.7 Å². The van der Waals surface area contributed by atoms with E-state index in [4.69, 9.17) is 23.2 Å². The third kappa shape index (κ3) is 5.68. The molecule has 1 aromatic heterocycles. The minimum atomic E-state index is -0.486. The number of amides is 1. The van der Waals surface area contributed by atoms with Gasteiger partial charge in [-0.15, -0.1) is 0 Å². The van der Waals surface area contributed by atoms with Crippen LogP contribution in [0.15, 0.2) is 42.6 Å². The Balaban J connectivity index is 1.47. The molecule has 0 atom stereocenters. The van der Waals surface area contributed by atoms with Crippen LogP contribution in [0.2, 0.25) is 10.0 Å². The van der Waals surface area contributed by atoms with E-state index in [1.807, 2.05) is 6.07 Å². The van der Waals surface area contributed by atoms with Gasteiger partial charge in [0.2, 0.25) is 5.91 Å². The lowest BCUT2D eigenvalue weighted by Gasteiger charge is -2.26. The average molecular weight is 475 g/mol. The molecular formula is C24H25Cl2FN4O. The summed E-state index contributed by atoms with van der Waals surface area (Å²) in [6, 6.07) is 9.82. The Morgan fingerprint density at radius 3 is 2.66 bits per heavy atom. The van der Waals surface area contributed by atoms with Crippen LogP contribution in [0.4, 0.5) is 21.6 Å². The lowest BCUT2D eigenvalue weighted by Crippen LogP contribution is -2.31. The van der Waals surface area contributed by atoms with Crippen LogP contribution in [0.3, 0.4) is 0 Å². The van der Waals surface area contributed by atoms with Gasteiger partial charge in [-0.25, -0.2) is 9.37 Å². The van der Waals surface area contributed by atoms with E-state index in [1.165, 1.54) is 31.4 Å². The number of nitrogens with zero attached hydrogens (tertiary/aromatic N) is 2. The predicted octanol–water partition coefficient (Wildman–Crippen LogP) is 6.63. The average Bonchev–Trinajstić information content (AvgIpc) is 2.78. The molecule has 1 fully saturated rings. The number of halogens is 3. The van der Waals surface area contributed by atoms with Crippen LogP contribution in [0.25, 0.3) is 10.8 Å². The van der Waals surface area contributed by atoms with Crippen LogP contribution < -0.4 is 10.6 Å². The summed E-state index contributed by atoms with van der Waals surface area (Å²) in [5.74, 6) is 0.00887. The van der Waals surface area contributed by atoms with Gasteiger partial charge in [-0.05, 0) is 80.7 Å².